The third-order valence-electron chi connectivity index (χ3n) is 2.52. The fourth-order valence-corrected chi connectivity index (χ4v) is 4.55. The summed E-state index contributed by atoms with van der Waals surface area (Å²) in [5.74, 6) is 0. The van der Waals surface area contributed by atoms with Gasteiger partial charge in [0.25, 0.3) is 0 Å². The van der Waals surface area contributed by atoms with Crippen molar-refractivity contribution < 1.29 is 8.42 Å². The Morgan fingerprint density at radius 1 is 1.37 bits per heavy atom. The smallest absolute Gasteiger partial charge is 0.210 e. The molecule has 6 nitrogen and oxygen atoms in total. The Morgan fingerprint density at radius 3 is 3.05 bits per heavy atom. The van der Waals surface area contributed by atoms with E-state index in [0.717, 1.165) is 10.7 Å². The van der Waals surface area contributed by atoms with Crippen molar-refractivity contribution >= 4 is 37.7 Å². The van der Waals surface area contributed by atoms with Crippen LogP contribution in [0.5, 0.6) is 0 Å². The van der Waals surface area contributed by atoms with Gasteiger partial charge in [-0.3, -0.25) is 0 Å². The fourth-order valence-electron chi connectivity index (χ4n) is 1.64. The summed E-state index contributed by atoms with van der Waals surface area (Å²) in [5, 5.41) is 7.77. The van der Waals surface area contributed by atoms with Gasteiger partial charge in [0.1, 0.15) is 10.5 Å². The van der Waals surface area contributed by atoms with E-state index in [1.165, 1.54) is 29.0 Å². The standard InChI is InChI=1S/C10H10N4O2S3/c15-19(16,9-2-1-5-17-9)13-4-3-8-6-18-10-11-7-12-14(8)10/h1-2,5-7,13H,3-4H2. The van der Waals surface area contributed by atoms with Crippen LogP contribution in [0.4, 0.5) is 0 Å². The molecule has 1 N–H and O–H groups in total. The van der Waals surface area contributed by atoms with Crippen LogP contribution in [0.15, 0.2) is 33.4 Å². The first-order chi connectivity index (χ1) is 9.17. The van der Waals surface area contributed by atoms with Gasteiger partial charge in [-0.25, -0.2) is 22.6 Å². The Kier molecular flexibility index (Phi) is 3.35. The molecule has 0 spiro atoms. The van der Waals surface area contributed by atoms with Crippen LogP contribution in [-0.4, -0.2) is 29.6 Å². The first-order valence-corrected chi connectivity index (χ1v) is 8.70. The summed E-state index contributed by atoms with van der Waals surface area (Å²) < 4.78 is 28.5. The average Bonchev–Trinajstić information content (AvgIpc) is 3.07. The highest BCUT2D eigenvalue weighted by Crippen LogP contribution is 2.16. The van der Waals surface area contributed by atoms with Crippen LogP contribution in [0.2, 0.25) is 0 Å². The second-order valence-corrected chi connectivity index (χ2v) is 7.54. The van der Waals surface area contributed by atoms with E-state index < -0.39 is 10.0 Å². The van der Waals surface area contributed by atoms with Crippen LogP contribution in [-0.2, 0) is 16.4 Å². The first kappa shape index (κ1) is 12.7. The average molecular weight is 314 g/mol. The number of nitrogens with zero attached hydrogens (tertiary/aromatic N) is 3. The molecule has 3 heterocycles. The van der Waals surface area contributed by atoms with Gasteiger partial charge < -0.3 is 0 Å². The Hall–Kier alpha value is -1.29. The molecular formula is C10H10N4O2S3. The van der Waals surface area contributed by atoms with E-state index in [-0.39, 0.29) is 0 Å². The van der Waals surface area contributed by atoms with Crippen molar-refractivity contribution in [2.24, 2.45) is 0 Å². The summed E-state index contributed by atoms with van der Waals surface area (Å²) in [6.07, 6.45) is 2.07. The Labute approximate surface area is 117 Å². The van der Waals surface area contributed by atoms with Crippen LogP contribution in [0.1, 0.15) is 5.69 Å². The number of hydrogen-bond acceptors (Lipinski definition) is 6. The van der Waals surface area contributed by atoms with Gasteiger partial charge in [0, 0.05) is 18.3 Å². The van der Waals surface area contributed by atoms with Gasteiger partial charge in [-0.05, 0) is 11.4 Å². The Balaban J connectivity index is 1.67. The van der Waals surface area contributed by atoms with Crippen LogP contribution in [0, 0.1) is 0 Å². The van der Waals surface area contributed by atoms with Crippen LogP contribution in [0.25, 0.3) is 4.96 Å². The maximum absolute atomic E-state index is 11.9. The van der Waals surface area contributed by atoms with Gasteiger partial charge in [-0.1, -0.05) is 6.07 Å². The monoisotopic (exact) mass is 314 g/mol. The van der Waals surface area contributed by atoms with Gasteiger partial charge in [0.15, 0.2) is 0 Å². The summed E-state index contributed by atoms with van der Waals surface area (Å²) >= 11 is 2.70. The highest BCUT2D eigenvalue weighted by atomic mass is 32.2. The molecule has 0 fully saturated rings. The van der Waals surface area contributed by atoms with E-state index in [4.69, 9.17) is 0 Å². The zero-order valence-electron chi connectivity index (χ0n) is 9.68. The SMILES string of the molecule is O=S(=O)(NCCc1csc2ncnn12)c1cccs1. The second kappa shape index (κ2) is 5.00. The third kappa shape index (κ3) is 2.54. The molecule has 0 radical (unpaired) electrons. The summed E-state index contributed by atoms with van der Waals surface area (Å²) in [4.78, 5) is 4.89. The van der Waals surface area contributed by atoms with Crippen LogP contribution < -0.4 is 4.72 Å². The van der Waals surface area contributed by atoms with Gasteiger partial charge in [0.2, 0.25) is 15.0 Å². The van der Waals surface area contributed by atoms with Crippen molar-refractivity contribution in [3.8, 4) is 0 Å². The van der Waals surface area contributed by atoms with E-state index in [1.54, 1.807) is 22.0 Å². The highest BCUT2D eigenvalue weighted by molar-refractivity contribution is 7.91. The number of aromatic nitrogens is 3. The van der Waals surface area contributed by atoms with Crippen molar-refractivity contribution in [3.05, 3.63) is 34.9 Å². The first-order valence-electron chi connectivity index (χ1n) is 5.46. The fraction of sp³-hybridized carbons (Fsp3) is 0.200. The minimum absolute atomic E-state index is 0.337. The molecule has 19 heavy (non-hydrogen) atoms. The minimum atomic E-state index is -3.38. The van der Waals surface area contributed by atoms with Gasteiger partial charge >= 0.3 is 0 Å². The maximum Gasteiger partial charge on any atom is 0.250 e. The lowest BCUT2D eigenvalue weighted by Crippen LogP contribution is -2.25. The molecule has 0 aliphatic rings. The normalized spacial score (nSPS) is 12.2. The minimum Gasteiger partial charge on any atom is -0.210 e. The Morgan fingerprint density at radius 2 is 2.26 bits per heavy atom. The number of rotatable bonds is 5. The van der Waals surface area contributed by atoms with Gasteiger partial charge in [-0.15, -0.1) is 22.7 Å². The number of sulfonamides is 1. The van der Waals surface area contributed by atoms with E-state index in [9.17, 15) is 8.42 Å². The van der Waals surface area contributed by atoms with Crippen molar-refractivity contribution in [1.29, 1.82) is 0 Å². The molecule has 100 valence electrons. The highest BCUT2D eigenvalue weighted by Gasteiger charge is 2.14. The molecule has 0 saturated carbocycles. The molecule has 0 saturated heterocycles. The summed E-state index contributed by atoms with van der Waals surface area (Å²) in [7, 11) is -3.38. The van der Waals surface area contributed by atoms with Crippen molar-refractivity contribution in [1.82, 2.24) is 19.3 Å². The molecular weight excluding hydrogens is 304 g/mol. The Bertz CT molecular complexity index is 773. The summed E-state index contributed by atoms with van der Waals surface area (Å²) in [6.45, 7) is 0.339. The molecule has 0 atom stereocenters. The number of hydrogen-bond donors (Lipinski definition) is 1. The molecule has 0 aromatic carbocycles. The van der Waals surface area contributed by atoms with Crippen molar-refractivity contribution in [2.45, 2.75) is 10.6 Å². The number of fused-ring (bicyclic) bond motifs is 1. The second-order valence-electron chi connectivity index (χ2n) is 3.76. The molecule has 0 bridgehead atoms. The van der Waals surface area contributed by atoms with Crippen molar-refractivity contribution in [2.75, 3.05) is 6.54 Å². The van der Waals surface area contributed by atoms with Gasteiger partial charge in [-0.2, -0.15) is 5.10 Å². The van der Waals surface area contributed by atoms with Gasteiger partial charge in [0.05, 0.1) is 5.69 Å². The molecule has 3 aromatic rings. The quantitative estimate of drug-likeness (QED) is 0.772. The summed E-state index contributed by atoms with van der Waals surface area (Å²) in [5.41, 5.74) is 0.950. The number of nitrogens with one attached hydrogen (secondary N) is 1. The molecule has 3 rings (SSSR count). The summed E-state index contributed by atoms with van der Waals surface area (Å²) in [6, 6.07) is 3.31. The molecule has 0 aliphatic carbocycles. The van der Waals surface area contributed by atoms with E-state index >= 15 is 0 Å². The number of thiophene rings is 1. The third-order valence-corrected chi connectivity index (χ3v) is 6.26. The van der Waals surface area contributed by atoms with E-state index in [0.29, 0.717) is 17.2 Å². The lowest BCUT2D eigenvalue weighted by atomic mass is 10.3. The van der Waals surface area contributed by atoms with Crippen LogP contribution >= 0.6 is 22.7 Å². The molecule has 0 amide bonds. The number of thiazole rings is 1. The predicted molar refractivity (Wildman–Crippen MR) is 74.1 cm³/mol. The molecule has 9 heteroatoms. The zero-order chi connectivity index (χ0) is 13.3. The zero-order valence-corrected chi connectivity index (χ0v) is 12.1. The topological polar surface area (TPSA) is 76.4 Å². The predicted octanol–water partition coefficient (Wildman–Crippen LogP) is 1.37. The largest absolute Gasteiger partial charge is 0.250 e. The van der Waals surface area contributed by atoms with Crippen LogP contribution in [0.3, 0.4) is 0 Å². The maximum atomic E-state index is 11.9. The lowest BCUT2D eigenvalue weighted by molar-refractivity contribution is 0.583. The lowest BCUT2D eigenvalue weighted by Gasteiger charge is -2.03. The molecule has 3 aromatic heterocycles. The molecule has 0 unspecified atom stereocenters. The molecule has 0 aliphatic heterocycles. The van der Waals surface area contributed by atoms with Crippen molar-refractivity contribution in [3.63, 3.8) is 0 Å². The van der Waals surface area contributed by atoms with E-state index in [2.05, 4.69) is 14.8 Å². The van der Waals surface area contributed by atoms with E-state index in [1.807, 2.05) is 5.38 Å².